The molecule has 3 rings (SSSR count). The van der Waals surface area contributed by atoms with Gasteiger partial charge in [0.05, 0.1) is 0 Å². The highest BCUT2D eigenvalue weighted by molar-refractivity contribution is 6.06. The fraction of sp³-hybridized carbons (Fsp3) is 0.111. The van der Waals surface area contributed by atoms with Crippen LogP contribution in [0, 0.1) is 0 Å². The van der Waals surface area contributed by atoms with Crippen LogP contribution in [-0.2, 0) is 9.59 Å². The molecule has 0 spiro atoms. The molecular formula is C18H16N4O4. The number of esters is 2. The minimum Gasteiger partial charge on any atom is -0.427 e. The molecule has 2 N–H and O–H groups in total. The van der Waals surface area contributed by atoms with Crippen LogP contribution in [0.3, 0.4) is 0 Å². The van der Waals surface area contributed by atoms with Crippen LogP contribution in [0.4, 0.5) is 0 Å². The zero-order chi connectivity index (χ0) is 18.5. The van der Waals surface area contributed by atoms with Gasteiger partial charge in [0.1, 0.15) is 11.5 Å². The van der Waals surface area contributed by atoms with Crippen LogP contribution in [0.5, 0.6) is 11.5 Å². The van der Waals surface area contributed by atoms with Crippen molar-refractivity contribution in [1.82, 2.24) is 10.9 Å². The second kappa shape index (κ2) is 7.47. The molecule has 132 valence electrons. The first-order chi connectivity index (χ1) is 12.5. The summed E-state index contributed by atoms with van der Waals surface area (Å²) in [5, 5.41) is 8.49. The third kappa shape index (κ3) is 4.23. The van der Waals surface area contributed by atoms with E-state index in [4.69, 9.17) is 9.47 Å². The molecule has 0 atom stereocenters. The summed E-state index contributed by atoms with van der Waals surface area (Å²) < 4.78 is 10.1. The van der Waals surface area contributed by atoms with Crippen LogP contribution in [0.15, 0.2) is 58.7 Å². The average Bonchev–Trinajstić information content (AvgIpc) is 2.61. The molecule has 0 radical (unpaired) electrons. The molecule has 0 bridgehead atoms. The van der Waals surface area contributed by atoms with E-state index in [9.17, 15) is 9.59 Å². The highest BCUT2D eigenvalue weighted by atomic mass is 16.5. The first-order valence-corrected chi connectivity index (χ1v) is 7.76. The van der Waals surface area contributed by atoms with Crippen molar-refractivity contribution in [3.05, 3.63) is 59.7 Å². The van der Waals surface area contributed by atoms with Crippen molar-refractivity contribution in [2.24, 2.45) is 10.2 Å². The standard InChI is InChI=1S/C18H16N4O4/c1-11(23)25-15-7-3-5-13(9-15)17-19-21-18(22-20-17)14-6-4-8-16(10-14)26-12(2)24/h3-10H,1-2H3,(H,19,20)(H,21,22). The van der Waals surface area contributed by atoms with Gasteiger partial charge < -0.3 is 9.47 Å². The van der Waals surface area contributed by atoms with Crippen molar-refractivity contribution in [3.8, 4) is 11.5 Å². The minimum atomic E-state index is -0.396. The molecule has 2 aromatic rings. The van der Waals surface area contributed by atoms with E-state index in [0.29, 0.717) is 34.3 Å². The molecule has 8 heteroatoms. The fourth-order valence-corrected chi connectivity index (χ4v) is 2.27. The zero-order valence-electron chi connectivity index (χ0n) is 14.1. The number of nitrogens with one attached hydrogen (secondary N) is 2. The molecule has 0 fully saturated rings. The normalized spacial score (nSPS) is 12.8. The molecule has 0 aliphatic carbocycles. The van der Waals surface area contributed by atoms with Crippen LogP contribution in [-0.4, -0.2) is 23.6 Å². The van der Waals surface area contributed by atoms with E-state index in [-0.39, 0.29) is 0 Å². The van der Waals surface area contributed by atoms with Gasteiger partial charge in [0.25, 0.3) is 0 Å². The topological polar surface area (TPSA) is 101 Å². The molecule has 0 aromatic heterocycles. The second-order valence-corrected chi connectivity index (χ2v) is 5.39. The summed E-state index contributed by atoms with van der Waals surface area (Å²) in [5.74, 6) is 0.989. The minimum absolute atomic E-state index is 0.396. The number of carbonyl (C=O) groups is 2. The quantitative estimate of drug-likeness (QED) is 0.642. The average molecular weight is 352 g/mol. The fourth-order valence-electron chi connectivity index (χ4n) is 2.27. The third-order valence-electron chi connectivity index (χ3n) is 3.29. The van der Waals surface area contributed by atoms with Crippen molar-refractivity contribution in [1.29, 1.82) is 0 Å². The Hall–Kier alpha value is -3.68. The summed E-state index contributed by atoms with van der Waals surface area (Å²) >= 11 is 0. The Morgan fingerprint density at radius 1 is 0.769 bits per heavy atom. The van der Waals surface area contributed by atoms with Gasteiger partial charge in [-0.15, -0.1) is 0 Å². The van der Waals surface area contributed by atoms with E-state index in [1.54, 1.807) is 36.4 Å². The van der Waals surface area contributed by atoms with E-state index >= 15 is 0 Å². The lowest BCUT2D eigenvalue weighted by molar-refractivity contribution is -0.132. The first-order valence-electron chi connectivity index (χ1n) is 7.76. The summed E-state index contributed by atoms with van der Waals surface area (Å²) in [7, 11) is 0. The first kappa shape index (κ1) is 17.2. The van der Waals surface area contributed by atoms with Crippen LogP contribution in [0.2, 0.25) is 0 Å². The largest absolute Gasteiger partial charge is 0.427 e. The van der Waals surface area contributed by atoms with Crippen LogP contribution in [0.1, 0.15) is 25.0 Å². The van der Waals surface area contributed by atoms with Gasteiger partial charge in [0, 0.05) is 25.0 Å². The van der Waals surface area contributed by atoms with E-state index in [1.807, 2.05) is 12.1 Å². The third-order valence-corrected chi connectivity index (χ3v) is 3.29. The molecule has 1 aliphatic heterocycles. The van der Waals surface area contributed by atoms with Gasteiger partial charge in [-0.2, -0.15) is 10.2 Å². The number of rotatable bonds is 4. The predicted octanol–water partition coefficient (Wildman–Crippen LogP) is 1.75. The van der Waals surface area contributed by atoms with Gasteiger partial charge in [-0.05, 0) is 24.3 Å². The number of hydrogen-bond acceptors (Lipinski definition) is 8. The molecule has 0 amide bonds. The van der Waals surface area contributed by atoms with Gasteiger partial charge in [-0.3, -0.25) is 20.4 Å². The summed E-state index contributed by atoms with van der Waals surface area (Å²) in [6.07, 6.45) is 0. The number of amidine groups is 2. The maximum absolute atomic E-state index is 11.1. The highest BCUT2D eigenvalue weighted by Crippen LogP contribution is 2.16. The van der Waals surface area contributed by atoms with Crippen LogP contribution >= 0.6 is 0 Å². The van der Waals surface area contributed by atoms with Crippen LogP contribution < -0.4 is 20.3 Å². The summed E-state index contributed by atoms with van der Waals surface area (Å²) in [4.78, 5) is 22.1. The zero-order valence-corrected chi connectivity index (χ0v) is 14.1. The van der Waals surface area contributed by atoms with Crippen molar-refractivity contribution < 1.29 is 19.1 Å². The van der Waals surface area contributed by atoms with Crippen molar-refractivity contribution >= 4 is 23.6 Å². The van der Waals surface area contributed by atoms with Gasteiger partial charge in [0.15, 0.2) is 11.7 Å². The molecule has 8 nitrogen and oxygen atoms in total. The number of ether oxygens (including phenoxy) is 2. The number of hydrazone groups is 2. The Balaban J connectivity index is 1.74. The maximum Gasteiger partial charge on any atom is 0.308 e. The van der Waals surface area contributed by atoms with Gasteiger partial charge in [0.2, 0.25) is 0 Å². The number of nitrogens with zero attached hydrogens (tertiary/aromatic N) is 2. The Morgan fingerprint density at radius 2 is 1.19 bits per heavy atom. The Labute approximate surface area is 149 Å². The SMILES string of the molecule is CC(=O)Oc1cccc(C2=NNC(c3cccc(OC(C)=O)c3)=NN2)c1. The molecule has 0 unspecified atom stereocenters. The predicted molar refractivity (Wildman–Crippen MR) is 94.8 cm³/mol. The van der Waals surface area contributed by atoms with Crippen molar-refractivity contribution in [2.75, 3.05) is 0 Å². The Kier molecular flexibility index (Phi) is 4.93. The Morgan fingerprint density at radius 3 is 1.54 bits per heavy atom. The van der Waals surface area contributed by atoms with E-state index in [2.05, 4.69) is 21.1 Å². The number of carbonyl (C=O) groups excluding carboxylic acids is 2. The lowest BCUT2D eigenvalue weighted by Crippen LogP contribution is -2.34. The van der Waals surface area contributed by atoms with Crippen LogP contribution in [0.25, 0.3) is 0 Å². The molecule has 2 aromatic carbocycles. The summed E-state index contributed by atoms with van der Waals surface area (Å²) in [5.41, 5.74) is 7.11. The van der Waals surface area contributed by atoms with Gasteiger partial charge >= 0.3 is 11.9 Å². The van der Waals surface area contributed by atoms with Crippen molar-refractivity contribution in [2.45, 2.75) is 13.8 Å². The summed E-state index contributed by atoms with van der Waals surface area (Å²) in [6, 6.07) is 13.8. The van der Waals surface area contributed by atoms with Gasteiger partial charge in [-0.25, -0.2) is 0 Å². The molecule has 0 saturated heterocycles. The van der Waals surface area contributed by atoms with Gasteiger partial charge in [-0.1, -0.05) is 24.3 Å². The van der Waals surface area contributed by atoms with E-state index in [1.165, 1.54) is 13.8 Å². The molecular weight excluding hydrogens is 336 g/mol. The maximum atomic E-state index is 11.1. The number of benzene rings is 2. The highest BCUT2D eigenvalue weighted by Gasteiger charge is 2.13. The van der Waals surface area contributed by atoms with Crippen molar-refractivity contribution in [3.63, 3.8) is 0 Å². The van der Waals surface area contributed by atoms with E-state index < -0.39 is 11.9 Å². The monoisotopic (exact) mass is 352 g/mol. The lowest BCUT2D eigenvalue weighted by atomic mass is 10.2. The van der Waals surface area contributed by atoms with E-state index in [0.717, 1.165) is 0 Å². The Bertz CT molecular complexity index is 845. The second-order valence-electron chi connectivity index (χ2n) is 5.39. The smallest absolute Gasteiger partial charge is 0.308 e. The number of hydrogen-bond donors (Lipinski definition) is 2. The molecule has 1 heterocycles. The summed E-state index contributed by atoms with van der Waals surface area (Å²) in [6.45, 7) is 2.68. The lowest BCUT2D eigenvalue weighted by Gasteiger charge is -2.16. The molecule has 1 aliphatic rings. The molecule has 0 saturated carbocycles. The molecule has 26 heavy (non-hydrogen) atoms.